The molecule has 33 heavy (non-hydrogen) atoms. The van der Waals surface area contributed by atoms with Gasteiger partial charge in [-0.3, -0.25) is 9.69 Å². The Kier molecular flexibility index (Phi) is 6.99. The van der Waals surface area contributed by atoms with Gasteiger partial charge in [0.15, 0.2) is 0 Å². The van der Waals surface area contributed by atoms with Gasteiger partial charge in [-0.05, 0) is 30.0 Å². The number of carbonyl (C=O) groups is 1. The Morgan fingerprint density at radius 2 is 1.70 bits per heavy atom. The van der Waals surface area contributed by atoms with E-state index in [2.05, 4.69) is 91.9 Å². The Hall–Kier alpha value is -2.92. The lowest BCUT2D eigenvalue weighted by molar-refractivity contribution is -0.133. The van der Waals surface area contributed by atoms with Crippen molar-refractivity contribution in [2.24, 2.45) is 5.41 Å². The highest BCUT2D eigenvalue weighted by molar-refractivity contribution is 5.76. The lowest BCUT2D eigenvalue weighted by atomic mass is 9.91. The van der Waals surface area contributed by atoms with Crippen LogP contribution >= 0.6 is 0 Å². The molecular formula is C28H36N4O. The van der Waals surface area contributed by atoms with E-state index < -0.39 is 0 Å². The molecule has 0 N–H and O–H groups in total. The van der Waals surface area contributed by atoms with Crippen LogP contribution in [0.1, 0.15) is 56.6 Å². The molecule has 2 heterocycles. The van der Waals surface area contributed by atoms with Crippen LogP contribution in [0.3, 0.4) is 0 Å². The van der Waals surface area contributed by atoms with E-state index in [0.29, 0.717) is 19.5 Å². The maximum absolute atomic E-state index is 13.0. The molecule has 0 spiro atoms. The number of nitrogens with zero attached hydrogens (tertiary/aromatic N) is 4. The summed E-state index contributed by atoms with van der Waals surface area (Å²) in [6.07, 6.45) is 1.49. The summed E-state index contributed by atoms with van der Waals surface area (Å²) >= 11 is 0. The van der Waals surface area contributed by atoms with Crippen LogP contribution in [0.2, 0.25) is 0 Å². The van der Waals surface area contributed by atoms with Gasteiger partial charge in [0, 0.05) is 44.6 Å². The van der Waals surface area contributed by atoms with Crippen LogP contribution in [0.25, 0.3) is 5.69 Å². The van der Waals surface area contributed by atoms with E-state index in [-0.39, 0.29) is 11.3 Å². The van der Waals surface area contributed by atoms with Gasteiger partial charge in [0.25, 0.3) is 0 Å². The van der Waals surface area contributed by atoms with Crippen LogP contribution in [-0.4, -0.2) is 38.6 Å². The number of benzene rings is 2. The van der Waals surface area contributed by atoms with Crippen LogP contribution in [0, 0.1) is 5.41 Å². The second-order valence-electron chi connectivity index (χ2n) is 10.2. The van der Waals surface area contributed by atoms with E-state index in [0.717, 1.165) is 37.4 Å². The molecular weight excluding hydrogens is 408 g/mol. The van der Waals surface area contributed by atoms with E-state index >= 15 is 0 Å². The highest BCUT2D eigenvalue weighted by Gasteiger charge is 2.28. The first kappa shape index (κ1) is 23.2. The number of rotatable bonds is 7. The highest BCUT2D eigenvalue weighted by atomic mass is 16.2. The number of carbonyl (C=O) groups excluding carboxylic acids is 1. The van der Waals surface area contributed by atoms with Crippen molar-refractivity contribution in [1.29, 1.82) is 0 Å². The summed E-state index contributed by atoms with van der Waals surface area (Å²) in [5.74, 6) is 0.199. The molecule has 0 aliphatic carbocycles. The van der Waals surface area contributed by atoms with Gasteiger partial charge in [0.05, 0.1) is 23.6 Å². The van der Waals surface area contributed by atoms with E-state index in [1.54, 1.807) is 0 Å². The van der Waals surface area contributed by atoms with Crippen molar-refractivity contribution in [3.63, 3.8) is 0 Å². The number of para-hydroxylation sites is 1. The molecule has 1 amide bonds. The van der Waals surface area contributed by atoms with Gasteiger partial charge < -0.3 is 4.90 Å². The Morgan fingerprint density at radius 3 is 2.33 bits per heavy atom. The molecule has 0 unspecified atom stereocenters. The van der Waals surface area contributed by atoms with E-state index in [4.69, 9.17) is 5.10 Å². The van der Waals surface area contributed by atoms with Gasteiger partial charge in [-0.2, -0.15) is 5.10 Å². The molecule has 1 aliphatic rings. The van der Waals surface area contributed by atoms with Crippen LogP contribution in [0.5, 0.6) is 0 Å². The Morgan fingerprint density at radius 1 is 1.03 bits per heavy atom. The molecule has 0 bridgehead atoms. The minimum atomic E-state index is -0.0280. The summed E-state index contributed by atoms with van der Waals surface area (Å²) in [7, 11) is 0. The number of amides is 1. The molecule has 5 heteroatoms. The molecule has 4 rings (SSSR count). The van der Waals surface area contributed by atoms with Crippen LogP contribution < -0.4 is 0 Å². The minimum absolute atomic E-state index is 0.0280. The van der Waals surface area contributed by atoms with Gasteiger partial charge in [-0.15, -0.1) is 0 Å². The molecule has 5 nitrogen and oxygen atoms in total. The number of hydrogen-bond donors (Lipinski definition) is 0. The van der Waals surface area contributed by atoms with Gasteiger partial charge in [-0.25, -0.2) is 4.68 Å². The second kappa shape index (κ2) is 9.92. The Labute approximate surface area is 198 Å². The van der Waals surface area contributed by atoms with Crippen LogP contribution in [-0.2, 0) is 30.8 Å². The summed E-state index contributed by atoms with van der Waals surface area (Å²) in [6.45, 7) is 12.4. The van der Waals surface area contributed by atoms with Crippen molar-refractivity contribution in [2.75, 3.05) is 13.1 Å². The number of aromatic nitrogens is 2. The normalized spacial score (nSPS) is 14.2. The monoisotopic (exact) mass is 444 g/mol. The summed E-state index contributed by atoms with van der Waals surface area (Å²) < 4.78 is 2.10. The number of fused-ring (bicyclic) bond motifs is 1. The standard InChI is InChI=1S/C28H36N4O/c1-5-31(27(33)18-28(2,3)4)21-25-24-20-30(19-22-12-8-6-9-13-22)17-16-26(24)32(29-25)23-14-10-7-11-15-23/h6-15H,5,16-21H2,1-4H3. The lowest BCUT2D eigenvalue weighted by Gasteiger charge is -2.29. The average molecular weight is 445 g/mol. The predicted molar refractivity (Wildman–Crippen MR) is 133 cm³/mol. The van der Waals surface area contributed by atoms with Crippen molar-refractivity contribution in [1.82, 2.24) is 19.6 Å². The topological polar surface area (TPSA) is 41.4 Å². The van der Waals surface area contributed by atoms with Gasteiger partial charge in [0.2, 0.25) is 5.91 Å². The molecule has 2 aromatic carbocycles. The molecule has 0 saturated carbocycles. The molecule has 0 saturated heterocycles. The SMILES string of the molecule is CCN(Cc1nn(-c2ccccc2)c2c1CN(Cc1ccccc1)CC2)C(=O)CC(C)(C)C. The maximum atomic E-state index is 13.0. The quantitative estimate of drug-likeness (QED) is 0.502. The summed E-state index contributed by atoms with van der Waals surface area (Å²) in [5, 5.41) is 5.07. The van der Waals surface area contributed by atoms with Crippen molar-refractivity contribution in [3.05, 3.63) is 83.2 Å². The lowest BCUT2D eigenvalue weighted by Crippen LogP contribution is -2.34. The molecule has 174 valence electrons. The van der Waals surface area contributed by atoms with Gasteiger partial charge in [0.1, 0.15) is 0 Å². The van der Waals surface area contributed by atoms with Crippen molar-refractivity contribution >= 4 is 5.91 Å². The predicted octanol–water partition coefficient (Wildman–Crippen LogP) is 5.22. The second-order valence-corrected chi connectivity index (χ2v) is 10.2. The zero-order chi connectivity index (χ0) is 23.4. The van der Waals surface area contributed by atoms with E-state index in [1.165, 1.54) is 16.8 Å². The van der Waals surface area contributed by atoms with E-state index in [1.807, 2.05) is 11.0 Å². The molecule has 0 radical (unpaired) electrons. The molecule has 0 atom stereocenters. The van der Waals surface area contributed by atoms with Crippen molar-refractivity contribution < 1.29 is 4.79 Å². The van der Waals surface area contributed by atoms with Gasteiger partial charge in [-0.1, -0.05) is 69.3 Å². The van der Waals surface area contributed by atoms with Crippen LogP contribution in [0.4, 0.5) is 0 Å². The Balaban J connectivity index is 1.63. The average Bonchev–Trinajstić information content (AvgIpc) is 3.15. The number of hydrogen-bond acceptors (Lipinski definition) is 3. The molecule has 0 fully saturated rings. The zero-order valence-electron chi connectivity index (χ0n) is 20.4. The minimum Gasteiger partial charge on any atom is -0.337 e. The third-order valence-corrected chi connectivity index (χ3v) is 6.23. The molecule has 1 aliphatic heterocycles. The van der Waals surface area contributed by atoms with E-state index in [9.17, 15) is 4.79 Å². The fraction of sp³-hybridized carbons (Fsp3) is 0.429. The first-order chi connectivity index (χ1) is 15.8. The third-order valence-electron chi connectivity index (χ3n) is 6.23. The summed E-state index contributed by atoms with van der Waals surface area (Å²) in [4.78, 5) is 17.5. The Bertz CT molecular complexity index is 1070. The fourth-order valence-corrected chi connectivity index (χ4v) is 4.55. The van der Waals surface area contributed by atoms with Crippen molar-refractivity contribution in [2.45, 2.75) is 60.2 Å². The maximum Gasteiger partial charge on any atom is 0.223 e. The molecule has 3 aromatic rings. The first-order valence-electron chi connectivity index (χ1n) is 12.0. The van der Waals surface area contributed by atoms with Gasteiger partial charge >= 0.3 is 0 Å². The third kappa shape index (κ3) is 5.72. The first-order valence-corrected chi connectivity index (χ1v) is 12.0. The van der Waals surface area contributed by atoms with Crippen LogP contribution in [0.15, 0.2) is 60.7 Å². The smallest absolute Gasteiger partial charge is 0.223 e. The summed E-state index contributed by atoms with van der Waals surface area (Å²) in [6, 6.07) is 21.0. The zero-order valence-corrected chi connectivity index (χ0v) is 20.4. The molecule has 1 aromatic heterocycles. The fourth-order valence-electron chi connectivity index (χ4n) is 4.55. The van der Waals surface area contributed by atoms with Crippen molar-refractivity contribution in [3.8, 4) is 5.69 Å². The summed E-state index contributed by atoms with van der Waals surface area (Å²) in [5.41, 5.74) is 5.97. The highest BCUT2D eigenvalue weighted by Crippen LogP contribution is 2.28. The largest absolute Gasteiger partial charge is 0.337 e.